The van der Waals surface area contributed by atoms with Gasteiger partial charge >= 0.3 is 0 Å². The van der Waals surface area contributed by atoms with Gasteiger partial charge in [-0.05, 0) is 34.1 Å². The van der Waals surface area contributed by atoms with E-state index in [4.69, 9.17) is 5.11 Å². The molecule has 4 heteroatoms. The molecule has 2 aromatic rings. The normalized spacial score (nSPS) is 11.0. The van der Waals surface area contributed by atoms with Gasteiger partial charge in [0.15, 0.2) is 0 Å². The molecule has 0 radical (unpaired) electrons. The standard InChI is InChI=1S/C9H7BrFNO/c10-7-1-2-8(11)6-3-5(4-13)12-9(6)7/h1-3,12-13H,4H2. The smallest absolute Gasteiger partial charge is 0.132 e. The van der Waals surface area contributed by atoms with Gasteiger partial charge in [0.05, 0.1) is 12.1 Å². The summed E-state index contributed by atoms with van der Waals surface area (Å²) in [6.45, 7) is -0.111. The summed E-state index contributed by atoms with van der Waals surface area (Å²) in [7, 11) is 0. The van der Waals surface area contributed by atoms with Crippen molar-refractivity contribution >= 4 is 26.8 Å². The van der Waals surface area contributed by atoms with Gasteiger partial charge in [0.1, 0.15) is 5.82 Å². The second kappa shape index (κ2) is 3.12. The van der Waals surface area contributed by atoms with E-state index in [1.165, 1.54) is 6.07 Å². The summed E-state index contributed by atoms with van der Waals surface area (Å²) in [5.41, 5.74) is 1.30. The number of aromatic amines is 1. The molecule has 1 aromatic heterocycles. The van der Waals surface area contributed by atoms with Gasteiger partial charge in [-0.1, -0.05) is 0 Å². The predicted molar refractivity (Wildman–Crippen MR) is 51.9 cm³/mol. The average Bonchev–Trinajstić information content (AvgIpc) is 2.56. The molecule has 13 heavy (non-hydrogen) atoms. The van der Waals surface area contributed by atoms with Crippen LogP contribution in [0.3, 0.4) is 0 Å². The molecule has 1 aromatic carbocycles. The molecule has 0 saturated heterocycles. The minimum Gasteiger partial charge on any atom is -0.390 e. The molecule has 0 unspecified atom stereocenters. The Bertz CT molecular complexity index is 413. The Balaban J connectivity index is 2.80. The molecule has 0 bridgehead atoms. The first-order chi connectivity index (χ1) is 6.22. The molecule has 0 aliphatic heterocycles. The van der Waals surface area contributed by atoms with Crippen molar-refractivity contribution in [2.45, 2.75) is 6.61 Å². The maximum atomic E-state index is 13.2. The third-order valence-corrected chi connectivity index (χ3v) is 2.58. The van der Waals surface area contributed by atoms with Gasteiger partial charge in [0, 0.05) is 15.6 Å². The summed E-state index contributed by atoms with van der Waals surface area (Å²) >= 11 is 3.29. The molecule has 68 valence electrons. The fraction of sp³-hybridized carbons (Fsp3) is 0.111. The van der Waals surface area contributed by atoms with Crippen molar-refractivity contribution in [3.05, 3.63) is 34.2 Å². The number of rotatable bonds is 1. The molecule has 0 aliphatic carbocycles. The molecule has 0 amide bonds. The van der Waals surface area contributed by atoms with Crippen LogP contribution in [0.25, 0.3) is 10.9 Å². The number of nitrogens with one attached hydrogen (secondary N) is 1. The highest BCUT2D eigenvalue weighted by Gasteiger charge is 2.07. The molecule has 2 nitrogen and oxygen atoms in total. The van der Waals surface area contributed by atoms with Crippen LogP contribution in [0, 0.1) is 5.82 Å². The Morgan fingerprint density at radius 3 is 2.85 bits per heavy atom. The molecule has 0 saturated carbocycles. The summed E-state index contributed by atoms with van der Waals surface area (Å²) in [5.74, 6) is -0.283. The quantitative estimate of drug-likeness (QED) is 0.794. The highest BCUT2D eigenvalue weighted by molar-refractivity contribution is 9.10. The first kappa shape index (κ1) is 8.72. The largest absolute Gasteiger partial charge is 0.390 e. The van der Waals surface area contributed by atoms with E-state index in [-0.39, 0.29) is 12.4 Å². The number of aliphatic hydroxyl groups is 1. The summed E-state index contributed by atoms with van der Waals surface area (Å²) in [4.78, 5) is 2.92. The first-order valence-corrected chi connectivity index (χ1v) is 4.58. The molecule has 0 fully saturated rings. The Morgan fingerprint density at radius 2 is 2.23 bits per heavy atom. The van der Waals surface area contributed by atoms with Gasteiger partial charge in [-0.2, -0.15) is 0 Å². The number of halogens is 2. The van der Waals surface area contributed by atoms with Crippen molar-refractivity contribution in [3.63, 3.8) is 0 Å². The van der Waals surface area contributed by atoms with Gasteiger partial charge in [0.25, 0.3) is 0 Å². The summed E-state index contributed by atoms with van der Waals surface area (Å²) in [6.07, 6.45) is 0. The molecule has 2 rings (SSSR count). The zero-order valence-electron chi connectivity index (χ0n) is 6.64. The fourth-order valence-corrected chi connectivity index (χ4v) is 1.74. The van der Waals surface area contributed by atoms with Gasteiger partial charge in [-0.3, -0.25) is 0 Å². The lowest BCUT2D eigenvalue weighted by molar-refractivity contribution is 0.278. The van der Waals surface area contributed by atoms with E-state index in [1.54, 1.807) is 12.1 Å². The fourth-order valence-electron chi connectivity index (χ4n) is 1.29. The van der Waals surface area contributed by atoms with Gasteiger partial charge in [-0.15, -0.1) is 0 Å². The number of benzene rings is 1. The van der Waals surface area contributed by atoms with Crippen molar-refractivity contribution in [1.82, 2.24) is 4.98 Å². The maximum absolute atomic E-state index is 13.2. The Labute approximate surface area is 82.5 Å². The van der Waals surface area contributed by atoms with Gasteiger partial charge in [0.2, 0.25) is 0 Å². The van der Waals surface area contributed by atoms with E-state index in [2.05, 4.69) is 20.9 Å². The minimum atomic E-state index is -0.283. The highest BCUT2D eigenvalue weighted by Crippen LogP contribution is 2.26. The van der Waals surface area contributed by atoms with E-state index in [0.717, 1.165) is 4.47 Å². The van der Waals surface area contributed by atoms with Crippen LogP contribution in [0.1, 0.15) is 5.69 Å². The molecular formula is C9H7BrFNO. The Hall–Kier alpha value is -0.870. The molecule has 0 spiro atoms. The predicted octanol–water partition coefficient (Wildman–Crippen LogP) is 2.56. The lowest BCUT2D eigenvalue weighted by Gasteiger charge is -1.94. The summed E-state index contributed by atoms with van der Waals surface area (Å²) < 4.78 is 14.0. The van der Waals surface area contributed by atoms with Crippen LogP contribution in [0.15, 0.2) is 22.7 Å². The minimum absolute atomic E-state index is 0.111. The molecule has 0 aliphatic rings. The van der Waals surface area contributed by atoms with Crippen LogP contribution in [0.2, 0.25) is 0 Å². The monoisotopic (exact) mass is 243 g/mol. The van der Waals surface area contributed by atoms with E-state index >= 15 is 0 Å². The highest BCUT2D eigenvalue weighted by atomic mass is 79.9. The van der Waals surface area contributed by atoms with Crippen LogP contribution >= 0.6 is 15.9 Å². The Kier molecular flexibility index (Phi) is 2.09. The number of hydrogen-bond donors (Lipinski definition) is 2. The van der Waals surface area contributed by atoms with E-state index in [1.807, 2.05) is 0 Å². The second-order valence-electron chi connectivity index (χ2n) is 2.77. The second-order valence-corrected chi connectivity index (χ2v) is 3.62. The Morgan fingerprint density at radius 1 is 1.46 bits per heavy atom. The van der Waals surface area contributed by atoms with Crippen LogP contribution in [0.4, 0.5) is 4.39 Å². The van der Waals surface area contributed by atoms with E-state index < -0.39 is 0 Å². The average molecular weight is 244 g/mol. The van der Waals surface area contributed by atoms with Crippen molar-refractivity contribution in [2.75, 3.05) is 0 Å². The van der Waals surface area contributed by atoms with Crippen LogP contribution in [-0.2, 0) is 6.61 Å². The SMILES string of the molecule is OCc1cc2c(F)ccc(Br)c2[nH]1. The van der Waals surface area contributed by atoms with Crippen LogP contribution in [-0.4, -0.2) is 10.1 Å². The summed E-state index contributed by atoms with van der Waals surface area (Å²) in [6, 6.07) is 4.63. The molecule has 0 atom stereocenters. The maximum Gasteiger partial charge on any atom is 0.132 e. The van der Waals surface area contributed by atoms with Crippen molar-refractivity contribution in [2.24, 2.45) is 0 Å². The van der Waals surface area contributed by atoms with E-state index in [9.17, 15) is 4.39 Å². The van der Waals surface area contributed by atoms with Crippen molar-refractivity contribution in [1.29, 1.82) is 0 Å². The zero-order chi connectivity index (χ0) is 9.42. The number of fused-ring (bicyclic) bond motifs is 1. The van der Waals surface area contributed by atoms with Crippen LogP contribution < -0.4 is 0 Å². The first-order valence-electron chi connectivity index (χ1n) is 3.79. The molecule has 1 heterocycles. The third kappa shape index (κ3) is 1.36. The lowest BCUT2D eigenvalue weighted by atomic mass is 10.2. The van der Waals surface area contributed by atoms with Gasteiger partial charge in [-0.25, -0.2) is 4.39 Å². The number of aliphatic hydroxyl groups excluding tert-OH is 1. The van der Waals surface area contributed by atoms with Crippen molar-refractivity contribution in [3.8, 4) is 0 Å². The number of hydrogen-bond acceptors (Lipinski definition) is 1. The number of H-pyrrole nitrogens is 1. The third-order valence-electron chi connectivity index (χ3n) is 1.92. The molecule has 2 N–H and O–H groups in total. The zero-order valence-corrected chi connectivity index (χ0v) is 8.23. The van der Waals surface area contributed by atoms with Crippen LogP contribution in [0.5, 0.6) is 0 Å². The lowest BCUT2D eigenvalue weighted by Crippen LogP contribution is -1.79. The topological polar surface area (TPSA) is 36.0 Å². The van der Waals surface area contributed by atoms with Crippen molar-refractivity contribution < 1.29 is 9.50 Å². The van der Waals surface area contributed by atoms with E-state index in [0.29, 0.717) is 16.6 Å². The summed E-state index contributed by atoms with van der Waals surface area (Å²) in [5, 5.41) is 9.35. The molecular weight excluding hydrogens is 237 g/mol. The van der Waals surface area contributed by atoms with Gasteiger partial charge < -0.3 is 10.1 Å². The number of aromatic nitrogens is 1.